The van der Waals surface area contributed by atoms with E-state index in [0.29, 0.717) is 38.2 Å². The molecule has 1 aliphatic rings. The van der Waals surface area contributed by atoms with Crippen LogP contribution in [0.1, 0.15) is 21.5 Å². The van der Waals surface area contributed by atoms with Crippen LogP contribution in [0.5, 0.6) is 5.75 Å². The van der Waals surface area contributed by atoms with Crippen LogP contribution in [0.25, 0.3) is 11.0 Å². The molecule has 0 bridgehead atoms. The van der Waals surface area contributed by atoms with E-state index >= 15 is 0 Å². The van der Waals surface area contributed by atoms with Gasteiger partial charge >= 0.3 is 0 Å². The van der Waals surface area contributed by atoms with Crippen molar-refractivity contribution in [2.24, 2.45) is 0 Å². The number of morpholine rings is 1. The zero-order chi connectivity index (χ0) is 20.4. The number of aromatic hydroxyl groups is 1. The van der Waals surface area contributed by atoms with E-state index in [4.69, 9.17) is 4.74 Å². The molecule has 0 spiro atoms. The minimum absolute atomic E-state index is 0.125. The normalized spacial score (nSPS) is 14.8. The van der Waals surface area contributed by atoms with Crippen molar-refractivity contribution in [1.82, 2.24) is 20.4 Å². The first-order valence-electron chi connectivity index (χ1n) is 9.13. The van der Waals surface area contributed by atoms with E-state index in [1.165, 1.54) is 12.1 Å². The van der Waals surface area contributed by atoms with Crippen LogP contribution in [-0.2, 0) is 11.2 Å². The zero-order valence-electron chi connectivity index (χ0n) is 15.4. The van der Waals surface area contributed by atoms with Crippen LogP contribution in [0, 0.1) is 5.82 Å². The number of amides is 1. The Labute approximate surface area is 164 Å². The van der Waals surface area contributed by atoms with Gasteiger partial charge in [0.1, 0.15) is 16.9 Å². The molecule has 1 saturated heterocycles. The van der Waals surface area contributed by atoms with Gasteiger partial charge in [-0.1, -0.05) is 12.1 Å². The van der Waals surface area contributed by atoms with Crippen LogP contribution in [0.3, 0.4) is 0 Å². The number of hydrazine groups is 1. The summed E-state index contributed by atoms with van der Waals surface area (Å²) in [7, 11) is 0. The summed E-state index contributed by atoms with van der Waals surface area (Å²) in [5.41, 5.74) is 3.60. The number of hydrogen-bond acceptors (Lipinski definition) is 6. The van der Waals surface area contributed by atoms with E-state index in [9.17, 15) is 19.1 Å². The smallest absolute Gasteiger partial charge is 0.275 e. The third kappa shape index (κ3) is 4.10. The molecule has 3 heterocycles. The predicted octanol–water partition coefficient (Wildman–Crippen LogP) is 1.34. The Bertz CT molecular complexity index is 1110. The summed E-state index contributed by atoms with van der Waals surface area (Å²) in [6, 6.07) is 7.75. The van der Waals surface area contributed by atoms with Gasteiger partial charge in [0.05, 0.1) is 18.7 Å². The largest absolute Gasteiger partial charge is 0.505 e. The lowest BCUT2D eigenvalue weighted by Gasteiger charge is -2.26. The summed E-state index contributed by atoms with van der Waals surface area (Å²) < 4.78 is 18.3. The maximum Gasteiger partial charge on any atom is 0.275 e. The molecular formula is C20H19FN4O4. The highest BCUT2D eigenvalue weighted by atomic mass is 19.1. The van der Waals surface area contributed by atoms with Gasteiger partial charge in [-0.3, -0.25) is 20.0 Å². The number of fused-ring (bicyclic) bond motifs is 1. The van der Waals surface area contributed by atoms with E-state index < -0.39 is 17.2 Å². The number of H-pyrrole nitrogens is 1. The van der Waals surface area contributed by atoms with Crippen molar-refractivity contribution < 1.29 is 19.0 Å². The van der Waals surface area contributed by atoms with Gasteiger partial charge in [-0.15, -0.1) is 0 Å². The molecule has 1 aliphatic heterocycles. The highest BCUT2D eigenvalue weighted by Crippen LogP contribution is 2.24. The highest BCUT2D eigenvalue weighted by Gasteiger charge is 2.22. The molecular weight excluding hydrogens is 379 g/mol. The minimum Gasteiger partial charge on any atom is -0.505 e. The van der Waals surface area contributed by atoms with Crippen molar-refractivity contribution >= 4 is 16.9 Å². The van der Waals surface area contributed by atoms with Crippen molar-refractivity contribution in [2.45, 2.75) is 6.42 Å². The fourth-order valence-corrected chi connectivity index (χ4v) is 3.22. The van der Waals surface area contributed by atoms with E-state index in [1.807, 2.05) is 0 Å². The number of hydrogen-bond donors (Lipinski definition) is 3. The molecule has 3 N–H and O–H groups in total. The average molecular weight is 398 g/mol. The molecule has 2 aromatic heterocycles. The van der Waals surface area contributed by atoms with Crippen LogP contribution < -0.4 is 11.0 Å². The van der Waals surface area contributed by atoms with E-state index in [1.54, 1.807) is 29.4 Å². The highest BCUT2D eigenvalue weighted by molar-refractivity contribution is 6.00. The van der Waals surface area contributed by atoms with Crippen molar-refractivity contribution in [2.75, 3.05) is 26.3 Å². The lowest BCUT2D eigenvalue weighted by Crippen LogP contribution is -2.49. The second kappa shape index (κ2) is 7.98. The molecule has 150 valence electrons. The summed E-state index contributed by atoms with van der Waals surface area (Å²) >= 11 is 0. The van der Waals surface area contributed by atoms with Gasteiger partial charge in [-0.05, 0) is 35.7 Å². The first-order valence-corrected chi connectivity index (χ1v) is 9.13. The number of carbonyl (C=O) groups excluding carboxylic acids is 1. The molecule has 1 amide bonds. The molecule has 0 saturated carbocycles. The lowest BCUT2D eigenvalue weighted by atomic mass is 10.1. The number of carbonyl (C=O) groups is 1. The maximum absolute atomic E-state index is 13.1. The fourth-order valence-electron chi connectivity index (χ4n) is 3.22. The first-order chi connectivity index (χ1) is 14.0. The number of halogens is 1. The number of nitrogens with one attached hydrogen (secondary N) is 2. The standard InChI is InChI=1S/C20H19FN4O4/c21-14-3-1-12(2-4-14)9-13-10-15-17(22-11-13)18(26)16(19(27)23-15)20(28)24-25-5-7-29-8-6-25/h1-4,10-11H,5-9H2,(H,24,28)(H2,23,26,27). The second-order valence-electron chi connectivity index (χ2n) is 6.76. The van der Waals surface area contributed by atoms with Crippen LogP contribution in [-0.4, -0.2) is 52.3 Å². The van der Waals surface area contributed by atoms with Crippen molar-refractivity contribution in [1.29, 1.82) is 0 Å². The molecule has 4 rings (SSSR count). The van der Waals surface area contributed by atoms with E-state index in [0.717, 1.165) is 11.1 Å². The Morgan fingerprint density at radius 1 is 1.24 bits per heavy atom. The number of ether oxygens (including phenoxy) is 1. The van der Waals surface area contributed by atoms with Gasteiger partial charge in [0.2, 0.25) is 0 Å². The Hall–Kier alpha value is -3.30. The molecule has 0 aliphatic carbocycles. The lowest BCUT2D eigenvalue weighted by molar-refractivity contribution is 0.0125. The maximum atomic E-state index is 13.1. The molecule has 0 atom stereocenters. The number of rotatable bonds is 4. The molecule has 8 nitrogen and oxygen atoms in total. The molecule has 1 fully saturated rings. The third-order valence-corrected chi connectivity index (χ3v) is 4.70. The third-order valence-electron chi connectivity index (χ3n) is 4.70. The molecule has 9 heteroatoms. The molecule has 0 radical (unpaired) electrons. The Kier molecular flexibility index (Phi) is 5.24. The molecule has 29 heavy (non-hydrogen) atoms. The van der Waals surface area contributed by atoms with Gasteiger partial charge in [0.15, 0.2) is 5.75 Å². The van der Waals surface area contributed by atoms with Gasteiger partial charge in [0, 0.05) is 19.3 Å². The summed E-state index contributed by atoms with van der Waals surface area (Å²) in [4.78, 5) is 31.8. The van der Waals surface area contributed by atoms with Crippen LogP contribution in [0.4, 0.5) is 4.39 Å². The molecule has 3 aromatic rings. The van der Waals surface area contributed by atoms with Crippen molar-refractivity contribution in [3.8, 4) is 5.75 Å². The predicted molar refractivity (Wildman–Crippen MR) is 103 cm³/mol. The van der Waals surface area contributed by atoms with Crippen molar-refractivity contribution in [3.63, 3.8) is 0 Å². The summed E-state index contributed by atoms with van der Waals surface area (Å²) in [5.74, 6) is -1.49. The second-order valence-corrected chi connectivity index (χ2v) is 6.76. The number of aromatic nitrogens is 2. The zero-order valence-corrected chi connectivity index (χ0v) is 15.4. The summed E-state index contributed by atoms with van der Waals surface area (Å²) in [6.07, 6.45) is 2.03. The molecule has 0 unspecified atom stereocenters. The SMILES string of the molecule is O=C(NN1CCOCC1)c1c(O)c2ncc(Cc3ccc(F)cc3)cc2[nH]c1=O. The van der Waals surface area contributed by atoms with Crippen molar-refractivity contribution in [3.05, 3.63) is 69.4 Å². The van der Waals surface area contributed by atoms with E-state index in [-0.39, 0.29) is 16.9 Å². The van der Waals surface area contributed by atoms with Gasteiger partial charge in [-0.2, -0.15) is 0 Å². The monoisotopic (exact) mass is 398 g/mol. The average Bonchev–Trinajstić information content (AvgIpc) is 2.70. The number of pyridine rings is 2. The number of benzene rings is 1. The topological polar surface area (TPSA) is 108 Å². The fraction of sp³-hybridized carbons (Fsp3) is 0.250. The summed E-state index contributed by atoms with van der Waals surface area (Å²) in [6.45, 7) is 1.92. The molecule has 1 aromatic carbocycles. The Morgan fingerprint density at radius 2 is 1.97 bits per heavy atom. The Balaban J connectivity index is 1.62. The van der Waals surface area contributed by atoms with Gasteiger partial charge < -0.3 is 14.8 Å². The minimum atomic E-state index is -0.707. The van der Waals surface area contributed by atoms with Crippen LogP contribution in [0.15, 0.2) is 41.3 Å². The first kappa shape index (κ1) is 19.0. The van der Waals surface area contributed by atoms with Gasteiger partial charge in [-0.25, -0.2) is 9.40 Å². The summed E-state index contributed by atoms with van der Waals surface area (Å²) in [5, 5.41) is 12.1. The Morgan fingerprint density at radius 3 is 2.69 bits per heavy atom. The quantitative estimate of drug-likeness (QED) is 0.612. The number of aromatic amines is 1. The van der Waals surface area contributed by atoms with Crippen LogP contribution in [0.2, 0.25) is 0 Å². The van der Waals surface area contributed by atoms with Crippen LogP contribution >= 0.6 is 0 Å². The van der Waals surface area contributed by atoms with E-state index in [2.05, 4.69) is 15.4 Å². The van der Waals surface area contributed by atoms with Gasteiger partial charge in [0.25, 0.3) is 11.5 Å². The number of nitrogens with zero attached hydrogens (tertiary/aromatic N) is 2.